The van der Waals surface area contributed by atoms with Crippen molar-refractivity contribution < 1.29 is 9.47 Å². The molecule has 0 N–H and O–H groups in total. The number of nitrogens with zero attached hydrogens (tertiary/aromatic N) is 3. The molecule has 5 heteroatoms. The summed E-state index contributed by atoms with van der Waals surface area (Å²) in [6, 6.07) is 5.48. The van der Waals surface area contributed by atoms with Gasteiger partial charge in [0.15, 0.2) is 5.82 Å². The predicted octanol–water partition coefficient (Wildman–Crippen LogP) is 1.56. The van der Waals surface area contributed by atoms with E-state index in [0.717, 1.165) is 11.3 Å². The van der Waals surface area contributed by atoms with Crippen molar-refractivity contribution >= 4 is 0 Å². The quantitative estimate of drug-likeness (QED) is 0.780. The van der Waals surface area contributed by atoms with Crippen LogP contribution in [0.5, 0.6) is 11.5 Å². The van der Waals surface area contributed by atoms with E-state index in [-0.39, 0.29) is 0 Å². The van der Waals surface area contributed by atoms with Gasteiger partial charge in [0.05, 0.1) is 19.8 Å². The molecule has 5 nitrogen and oxygen atoms in total. The van der Waals surface area contributed by atoms with E-state index in [1.54, 1.807) is 20.3 Å². The van der Waals surface area contributed by atoms with Gasteiger partial charge in [-0.05, 0) is 12.1 Å². The van der Waals surface area contributed by atoms with Crippen molar-refractivity contribution in [2.75, 3.05) is 14.2 Å². The lowest BCUT2D eigenvalue weighted by molar-refractivity contribution is 0.395. The fourth-order valence-corrected chi connectivity index (χ4v) is 1.36. The molecule has 0 spiro atoms. The van der Waals surface area contributed by atoms with Gasteiger partial charge in [-0.25, -0.2) is 15.0 Å². The summed E-state index contributed by atoms with van der Waals surface area (Å²) in [5.74, 6) is 1.98. The molecule has 0 atom stereocenters. The first-order valence-electron chi connectivity index (χ1n) is 4.69. The minimum atomic E-state index is 0.578. The molecule has 0 radical (unpaired) electrons. The van der Waals surface area contributed by atoms with Gasteiger partial charge in [-0.15, -0.1) is 0 Å². The number of hydrogen-bond acceptors (Lipinski definition) is 5. The van der Waals surface area contributed by atoms with Gasteiger partial charge >= 0.3 is 0 Å². The van der Waals surface area contributed by atoms with Crippen LogP contribution in [-0.4, -0.2) is 29.2 Å². The fraction of sp³-hybridized carbons (Fsp3) is 0.182. The largest absolute Gasteiger partial charge is 0.497 e. The van der Waals surface area contributed by atoms with Gasteiger partial charge < -0.3 is 9.47 Å². The smallest absolute Gasteiger partial charge is 0.166 e. The molecule has 0 aliphatic rings. The molecule has 82 valence electrons. The van der Waals surface area contributed by atoms with Crippen LogP contribution in [0.1, 0.15) is 0 Å². The van der Waals surface area contributed by atoms with Gasteiger partial charge in [0, 0.05) is 6.07 Å². The third-order valence-corrected chi connectivity index (χ3v) is 2.14. The SMILES string of the molecule is COc1ccc(-c2ncncn2)c(OC)c1. The summed E-state index contributed by atoms with van der Waals surface area (Å²) in [6.07, 6.45) is 2.90. The molecular formula is C11H11N3O2. The van der Waals surface area contributed by atoms with Gasteiger partial charge in [0.25, 0.3) is 0 Å². The molecule has 2 rings (SSSR count). The maximum Gasteiger partial charge on any atom is 0.166 e. The van der Waals surface area contributed by atoms with Crippen LogP contribution in [-0.2, 0) is 0 Å². The van der Waals surface area contributed by atoms with Crippen LogP contribution < -0.4 is 9.47 Å². The topological polar surface area (TPSA) is 57.1 Å². The minimum Gasteiger partial charge on any atom is -0.497 e. The Labute approximate surface area is 93.1 Å². The summed E-state index contributed by atoms with van der Waals surface area (Å²) in [5, 5.41) is 0. The number of methoxy groups -OCH3 is 2. The monoisotopic (exact) mass is 217 g/mol. The molecule has 1 aromatic carbocycles. The van der Waals surface area contributed by atoms with Gasteiger partial charge in [-0.3, -0.25) is 0 Å². The molecule has 0 amide bonds. The van der Waals surface area contributed by atoms with Crippen molar-refractivity contribution in [1.82, 2.24) is 15.0 Å². The van der Waals surface area contributed by atoms with Crippen molar-refractivity contribution in [3.05, 3.63) is 30.9 Å². The number of aromatic nitrogens is 3. The molecule has 1 heterocycles. The highest BCUT2D eigenvalue weighted by Crippen LogP contribution is 2.30. The lowest BCUT2D eigenvalue weighted by Crippen LogP contribution is -1.94. The Morgan fingerprint density at radius 3 is 2.38 bits per heavy atom. The molecule has 0 saturated carbocycles. The van der Waals surface area contributed by atoms with E-state index in [1.807, 2.05) is 12.1 Å². The first kappa shape index (κ1) is 10.4. The van der Waals surface area contributed by atoms with E-state index >= 15 is 0 Å². The number of rotatable bonds is 3. The third kappa shape index (κ3) is 1.93. The highest BCUT2D eigenvalue weighted by Gasteiger charge is 2.09. The number of hydrogen-bond donors (Lipinski definition) is 0. The van der Waals surface area contributed by atoms with Crippen LogP contribution in [0.15, 0.2) is 30.9 Å². The zero-order valence-corrected chi connectivity index (χ0v) is 9.04. The van der Waals surface area contributed by atoms with Crippen LogP contribution in [0.4, 0.5) is 0 Å². The van der Waals surface area contributed by atoms with Gasteiger partial charge in [-0.2, -0.15) is 0 Å². The first-order valence-corrected chi connectivity index (χ1v) is 4.69. The second kappa shape index (κ2) is 4.57. The van der Waals surface area contributed by atoms with Crippen molar-refractivity contribution in [2.24, 2.45) is 0 Å². The molecule has 0 unspecified atom stereocenters. The molecular weight excluding hydrogens is 206 g/mol. The predicted molar refractivity (Wildman–Crippen MR) is 58.4 cm³/mol. The highest BCUT2D eigenvalue weighted by molar-refractivity contribution is 5.65. The third-order valence-electron chi connectivity index (χ3n) is 2.14. The Kier molecular flexibility index (Phi) is 2.95. The van der Waals surface area contributed by atoms with E-state index in [9.17, 15) is 0 Å². The average Bonchev–Trinajstić information content (AvgIpc) is 2.39. The van der Waals surface area contributed by atoms with E-state index < -0.39 is 0 Å². The van der Waals surface area contributed by atoms with E-state index in [4.69, 9.17) is 9.47 Å². The van der Waals surface area contributed by atoms with Gasteiger partial charge in [0.1, 0.15) is 24.2 Å². The first-order chi connectivity index (χ1) is 7.85. The van der Waals surface area contributed by atoms with Crippen molar-refractivity contribution in [1.29, 1.82) is 0 Å². The summed E-state index contributed by atoms with van der Waals surface area (Å²) in [5.41, 5.74) is 0.811. The molecule has 0 saturated heterocycles. The summed E-state index contributed by atoms with van der Waals surface area (Å²) in [7, 11) is 3.21. The Morgan fingerprint density at radius 1 is 1.00 bits per heavy atom. The summed E-state index contributed by atoms with van der Waals surface area (Å²) >= 11 is 0. The maximum absolute atomic E-state index is 5.26. The Hall–Kier alpha value is -2.17. The van der Waals surface area contributed by atoms with Gasteiger partial charge in [-0.1, -0.05) is 0 Å². The highest BCUT2D eigenvalue weighted by atomic mass is 16.5. The van der Waals surface area contributed by atoms with E-state index in [2.05, 4.69) is 15.0 Å². The summed E-state index contributed by atoms with van der Waals surface area (Å²) in [6.45, 7) is 0. The zero-order valence-electron chi connectivity index (χ0n) is 9.04. The standard InChI is InChI=1S/C11H11N3O2/c1-15-8-3-4-9(10(5-8)16-2)11-13-6-12-7-14-11/h3-7H,1-2H3. The lowest BCUT2D eigenvalue weighted by atomic mass is 10.2. The van der Waals surface area contributed by atoms with Crippen LogP contribution in [0, 0.1) is 0 Å². The van der Waals surface area contributed by atoms with E-state index in [0.29, 0.717) is 11.6 Å². The second-order valence-electron chi connectivity index (χ2n) is 3.03. The van der Waals surface area contributed by atoms with Crippen LogP contribution in [0.25, 0.3) is 11.4 Å². The number of benzene rings is 1. The number of ether oxygens (including phenoxy) is 2. The molecule has 2 aromatic rings. The molecule has 0 bridgehead atoms. The fourth-order valence-electron chi connectivity index (χ4n) is 1.36. The summed E-state index contributed by atoms with van der Waals surface area (Å²) < 4.78 is 10.4. The lowest BCUT2D eigenvalue weighted by Gasteiger charge is -2.08. The molecule has 0 aliphatic heterocycles. The van der Waals surface area contributed by atoms with Gasteiger partial charge in [0.2, 0.25) is 0 Å². The van der Waals surface area contributed by atoms with Crippen LogP contribution in [0.3, 0.4) is 0 Å². The van der Waals surface area contributed by atoms with Crippen molar-refractivity contribution in [3.63, 3.8) is 0 Å². The van der Waals surface area contributed by atoms with Crippen molar-refractivity contribution in [3.8, 4) is 22.9 Å². The second-order valence-corrected chi connectivity index (χ2v) is 3.03. The molecule has 1 aromatic heterocycles. The Bertz CT molecular complexity index is 474. The van der Waals surface area contributed by atoms with Crippen LogP contribution >= 0.6 is 0 Å². The zero-order chi connectivity index (χ0) is 11.4. The molecule has 16 heavy (non-hydrogen) atoms. The van der Waals surface area contributed by atoms with Crippen LogP contribution in [0.2, 0.25) is 0 Å². The van der Waals surface area contributed by atoms with E-state index in [1.165, 1.54) is 12.7 Å². The minimum absolute atomic E-state index is 0.578. The Morgan fingerprint density at radius 2 is 1.75 bits per heavy atom. The Balaban J connectivity index is 2.49. The molecule has 0 fully saturated rings. The molecule has 0 aliphatic carbocycles. The normalized spacial score (nSPS) is 9.88. The van der Waals surface area contributed by atoms with Crippen molar-refractivity contribution in [2.45, 2.75) is 0 Å². The summed E-state index contributed by atoms with van der Waals surface area (Å²) in [4.78, 5) is 11.9. The average molecular weight is 217 g/mol. The maximum atomic E-state index is 5.26.